The van der Waals surface area contributed by atoms with Gasteiger partial charge in [0.2, 0.25) is 0 Å². The normalized spacial score (nSPS) is 6.96. The molecule has 2 rings (SSSR count). The molecule has 0 nitrogen and oxygen atoms in total. The van der Waals surface area contributed by atoms with Crippen molar-refractivity contribution in [1.29, 1.82) is 0 Å². The fourth-order valence-corrected chi connectivity index (χ4v) is 0.820. The molecule has 2 aromatic rings. The molecule has 0 saturated heterocycles. The summed E-state index contributed by atoms with van der Waals surface area (Å²) < 4.78 is 0. The molecule has 0 bridgehead atoms. The molecule has 0 unspecified atom stereocenters. The Kier molecular flexibility index (Phi) is 55.1. The summed E-state index contributed by atoms with van der Waals surface area (Å²) in [5.41, 5.74) is 1.07. The summed E-state index contributed by atoms with van der Waals surface area (Å²) in [5.74, 6) is 0.884. The van der Waals surface area contributed by atoms with Crippen LogP contribution in [-0.2, 0) is 32.7 Å². The Morgan fingerprint density at radius 3 is 1.20 bits per heavy atom. The van der Waals surface area contributed by atoms with Crippen molar-refractivity contribution in [2.24, 2.45) is 5.92 Å². The van der Waals surface area contributed by atoms with Crippen molar-refractivity contribution in [3.05, 3.63) is 79.2 Å². The maximum Gasteiger partial charge on any atom is 0 e. The number of rotatable bonds is 1. The van der Waals surface area contributed by atoms with E-state index in [1.807, 2.05) is 102 Å². The van der Waals surface area contributed by atoms with Gasteiger partial charge in [0.1, 0.15) is 0 Å². The van der Waals surface area contributed by atoms with Crippen LogP contribution in [0.2, 0.25) is 0 Å². The molecule has 25 heavy (non-hydrogen) atoms. The van der Waals surface area contributed by atoms with Gasteiger partial charge in [0.05, 0.1) is 0 Å². The van der Waals surface area contributed by atoms with E-state index in [9.17, 15) is 0 Å². The Labute approximate surface area is 185 Å². The van der Waals surface area contributed by atoms with Crippen molar-refractivity contribution in [3.8, 4) is 0 Å². The third kappa shape index (κ3) is 45.2. The van der Waals surface area contributed by atoms with Crippen LogP contribution in [0.15, 0.2) is 60.7 Å². The van der Waals surface area contributed by atoms with Crippen LogP contribution >= 0.6 is 0 Å². The van der Waals surface area contributed by atoms with Gasteiger partial charge in [-0.1, -0.05) is 74.8 Å². The van der Waals surface area contributed by atoms with Crippen LogP contribution in [0.3, 0.4) is 0 Å². The van der Waals surface area contributed by atoms with E-state index < -0.39 is 0 Å². The van der Waals surface area contributed by atoms with Gasteiger partial charge in [-0.3, -0.25) is 0 Å². The summed E-state index contributed by atoms with van der Waals surface area (Å²) in [4.78, 5) is 0. The predicted molar refractivity (Wildman–Crippen MR) is 115 cm³/mol. The van der Waals surface area contributed by atoms with Gasteiger partial charge in [-0.05, 0) is 5.92 Å². The zero-order chi connectivity index (χ0) is 19.6. The maximum absolute atomic E-state index is 3.72. The van der Waals surface area contributed by atoms with Crippen molar-refractivity contribution in [2.45, 2.75) is 68.7 Å². The van der Waals surface area contributed by atoms with E-state index in [-0.39, 0.29) is 32.7 Å². The zero-order valence-electron chi connectivity index (χ0n) is 18.3. The molecule has 0 spiro atoms. The SMILES string of the molecule is CC.CC.CC.CCC(C)C.[CH2-]c1ccccc1.[Y].[c-]1ccccc1. The first-order chi connectivity index (χ1) is 11.7. The van der Waals surface area contributed by atoms with Gasteiger partial charge >= 0.3 is 0 Å². The molecule has 0 aromatic heterocycles. The van der Waals surface area contributed by atoms with Crippen LogP contribution in [0, 0.1) is 18.9 Å². The Balaban J connectivity index is -0.0000000690. The summed E-state index contributed by atoms with van der Waals surface area (Å²) in [7, 11) is 0. The molecule has 0 N–H and O–H groups in total. The largest absolute Gasteiger partial charge is 0.199 e. The van der Waals surface area contributed by atoms with Crippen molar-refractivity contribution < 1.29 is 32.7 Å². The van der Waals surface area contributed by atoms with Crippen molar-refractivity contribution in [2.75, 3.05) is 0 Å². The van der Waals surface area contributed by atoms with Crippen LogP contribution in [0.4, 0.5) is 0 Å². The average molecular weight is 420 g/mol. The van der Waals surface area contributed by atoms with E-state index in [4.69, 9.17) is 0 Å². The molecule has 0 aliphatic rings. The molecular weight excluding hydrogens is 377 g/mol. The fourth-order valence-electron chi connectivity index (χ4n) is 0.820. The molecule has 0 heterocycles. The zero-order valence-corrected chi connectivity index (χ0v) is 21.2. The topological polar surface area (TPSA) is 0 Å². The van der Waals surface area contributed by atoms with Crippen molar-refractivity contribution in [1.82, 2.24) is 0 Å². The standard InChI is InChI=1S/C7H7.C6H5.C5H12.3C2H6.Y/c1-7-5-3-2-4-6-7;1-2-4-6-5-3-1;1-4-5(2)3;3*1-2;/h2-6H,1H2;1-5H;5H,4H2,1-3H3;3*1-2H3;/q2*-1;;;;;. The van der Waals surface area contributed by atoms with Crippen molar-refractivity contribution in [3.63, 3.8) is 0 Å². The average Bonchev–Trinajstić information content (AvgIpc) is 2.69. The maximum atomic E-state index is 3.72. The van der Waals surface area contributed by atoms with Crippen molar-refractivity contribution >= 4 is 0 Å². The minimum absolute atomic E-state index is 0. The molecule has 0 aliphatic heterocycles. The molecule has 1 heteroatoms. The molecule has 0 fully saturated rings. The molecular formula is C24H42Y-2. The fraction of sp³-hybridized carbons (Fsp3) is 0.458. The first-order valence-electron chi connectivity index (χ1n) is 9.44. The molecule has 143 valence electrons. The Morgan fingerprint density at radius 1 is 0.760 bits per heavy atom. The summed E-state index contributed by atoms with van der Waals surface area (Å²) in [6.45, 7) is 22.4. The van der Waals surface area contributed by atoms with Gasteiger partial charge < -0.3 is 0 Å². The monoisotopic (exact) mass is 419 g/mol. The number of benzene rings is 2. The quantitative estimate of drug-likeness (QED) is 0.407. The van der Waals surface area contributed by atoms with E-state index in [0.29, 0.717) is 0 Å². The Bertz CT molecular complexity index is 328. The van der Waals surface area contributed by atoms with Gasteiger partial charge in [0.15, 0.2) is 0 Å². The second kappa shape index (κ2) is 38.8. The molecule has 0 amide bonds. The van der Waals surface area contributed by atoms with Gasteiger partial charge in [0, 0.05) is 32.7 Å². The van der Waals surface area contributed by atoms with Crippen LogP contribution in [0.25, 0.3) is 0 Å². The molecule has 1 radical (unpaired) electrons. The molecule has 0 atom stereocenters. The molecule has 0 aliphatic carbocycles. The molecule has 2 aromatic carbocycles. The second-order valence-corrected chi connectivity index (χ2v) is 4.37. The van der Waals surface area contributed by atoms with E-state index in [1.54, 1.807) is 0 Å². The third-order valence-corrected chi connectivity index (χ3v) is 2.27. The predicted octanol–water partition coefficient (Wildman–Crippen LogP) is 8.48. The first-order valence-corrected chi connectivity index (χ1v) is 9.44. The summed E-state index contributed by atoms with van der Waals surface area (Å²) >= 11 is 0. The number of hydrogen-bond acceptors (Lipinski definition) is 0. The smallest absolute Gasteiger partial charge is 0 e. The summed E-state index contributed by atoms with van der Waals surface area (Å²) in [5, 5.41) is 0. The van der Waals surface area contributed by atoms with Crippen LogP contribution < -0.4 is 0 Å². The Morgan fingerprint density at radius 2 is 1.08 bits per heavy atom. The summed E-state index contributed by atoms with van der Waals surface area (Å²) in [6, 6.07) is 22.4. The van der Waals surface area contributed by atoms with Gasteiger partial charge in [-0.15, -0.1) is 12.1 Å². The van der Waals surface area contributed by atoms with E-state index in [1.165, 1.54) is 6.42 Å². The van der Waals surface area contributed by atoms with E-state index >= 15 is 0 Å². The number of hydrogen-bond donors (Lipinski definition) is 0. The first kappa shape index (κ1) is 35.5. The van der Waals surface area contributed by atoms with E-state index in [2.05, 4.69) is 33.8 Å². The minimum Gasteiger partial charge on any atom is -0.199 e. The third-order valence-electron chi connectivity index (χ3n) is 2.27. The van der Waals surface area contributed by atoms with Gasteiger partial charge in [-0.25, -0.2) is 0 Å². The van der Waals surface area contributed by atoms with Crippen LogP contribution in [-0.4, -0.2) is 0 Å². The second-order valence-electron chi connectivity index (χ2n) is 4.37. The van der Waals surface area contributed by atoms with Gasteiger partial charge in [-0.2, -0.15) is 61.0 Å². The van der Waals surface area contributed by atoms with E-state index in [0.717, 1.165) is 11.5 Å². The van der Waals surface area contributed by atoms with Crippen LogP contribution in [0.1, 0.15) is 74.3 Å². The van der Waals surface area contributed by atoms with Gasteiger partial charge in [0.25, 0.3) is 0 Å². The Hall–Kier alpha value is -0.586. The minimum atomic E-state index is 0. The molecule has 0 saturated carbocycles. The summed E-state index contributed by atoms with van der Waals surface area (Å²) in [6.07, 6.45) is 1.31. The van der Waals surface area contributed by atoms with Crippen LogP contribution in [0.5, 0.6) is 0 Å².